The number of benzene rings is 3. The highest BCUT2D eigenvalue weighted by molar-refractivity contribution is 7.99. The molecule has 0 atom stereocenters. The number of nitrogens with zero attached hydrogens (tertiary/aromatic N) is 3. The van der Waals surface area contributed by atoms with Gasteiger partial charge < -0.3 is 5.32 Å². The number of hydrogen-bond acceptors (Lipinski definition) is 4. The monoisotopic (exact) mass is 360 g/mol. The fraction of sp³-hybridized carbons (Fsp3) is 0.0500. The molecule has 5 nitrogen and oxygen atoms in total. The molecule has 0 bridgehead atoms. The molecule has 1 amide bonds. The fourth-order valence-corrected chi connectivity index (χ4v) is 3.47. The van der Waals surface area contributed by atoms with Gasteiger partial charge in [-0.15, -0.1) is 10.2 Å². The summed E-state index contributed by atoms with van der Waals surface area (Å²) in [7, 11) is 0. The maximum absolute atomic E-state index is 12.4. The topological polar surface area (TPSA) is 59.8 Å². The van der Waals surface area contributed by atoms with Crippen molar-refractivity contribution in [2.45, 2.75) is 5.16 Å². The van der Waals surface area contributed by atoms with Crippen LogP contribution in [0.15, 0.2) is 84.3 Å². The van der Waals surface area contributed by atoms with Crippen LogP contribution in [-0.4, -0.2) is 26.4 Å². The van der Waals surface area contributed by atoms with Crippen LogP contribution < -0.4 is 5.32 Å². The molecule has 1 aromatic heterocycles. The van der Waals surface area contributed by atoms with E-state index in [1.165, 1.54) is 11.8 Å². The Hall–Kier alpha value is -3.12. The third kappa shape index (κ3) is 3.45. The van der Waals surface area contributed by atoms with E-state index in [-0.39, 0.29) is 11.7 Å². The average molecular weight is 360 g/mol. The molecule has 26 heavy (non-hydrogen) atoms. The Morgan fingerprint density at radius 3 is 2.62 bits per heavy atom. The molecule has 4 aromatic rings. The number of nitrogens with one attached hydrogen (secondary N) is 1. The van der Waals surface area contributed by atoms with Crippen molar-refractivity contribution in [2.24, 2.45) is 0 Å². The molecule has 0 aliphatic rings. The number of anilines is 1. The van der Waals surface area contributed by atoms with Gasteiger partial charge in [0.1, 0.15) is 6.33 Å². The number of aromatic nitrogens is 3. The van der Waals surface area contributed by atoms with Gasteiger partial charge in [0.05, 0.1) is 5.75 Å². The third-order valence-electron chi connectivity index (χ3n) is 3.95. The lowest BCUT2D eigenvalue weighted by molar-refractivity contribution is -0.113. The zero-order valence-electron chi connectivity index (χ0n) is 13.9. The molecule has 4 rings (SSSR count). The lowest BCUT2D eigenvalue weighted by atomic mass is 10.1. The number of thioether (sulfide) groups is 1. The molecule has 6 heteroatoms. The molecule has 0 spiro atoms. The molecule has 0 aliphatic carbocycles. The maximum Gasteiger partial charge on any atom is 0.234 e. The highest BCUT2D eigenvalue weighted by Crippen LogP contribution is 2.24. The minimum Gasteiger partial charge on any atom is -0.325 e. The van der Waals surface area contributed by atoms with Crippen LogP contribution in [-0.2, 0) is 4.79 Å². The average Bonchev–Trinajstić information content (AvgIpc) is 3.16. The van der Waals surface area contributed by atoms with Gasteiger partial charge in [-0.05, 0) is 23.6 Å². The van der Waals surface area contributed by atoms with E-state index in [2.05, 4.69) is 15.5 Å². The van der Waals surface area contributed by atoms with Gasteiger partial charge in [0.2, 0.25) is 5.91 Å². The summed E-state index contributed by atoms with van der Waals surface area (Å²) in [4.78, 5) is 12.4. The molecule has 0 radical (unpaired) electrons. The standard InChI is InChI=1S/C20H16N4OS/c25-19(22-18-12-6-8-15-7-4-5-11-17(15)18)13-26-20-23-21-14-24(20)16-9-2-1-3-10-16/h1-12,14H,13H2,(H,22,25). The van der Waals surface area contributed by atoms with Crippen LogP contribution in [0, 0.1) is 0 Å². The highest BCUT2D eigenvalue weighted by atomic mass is 32.2. The fourth-order valence-electron chi connectivity index (χ4n) is 2.74. The summed E-state index contributed by atoms with van der Waals surface area (Å²) in [5, 5.41) is 13.9. The zero-order valence-corrected chi connectivity index (χ0v) is 14.7. The van der Waals surface area contributed by atoms with Gasteiger partial charge in [0.15, 0.2) is 5.16 Å². The van der Waals surface area contributed by atoms with Crippen molar-refractivity contribution in [1.82, 2.24) is 14.8 Å². The Kier molecular flexibility index (Phi) is 4.66. The lowest BCUT2D eigenvalue weighted by Gasteiger charge is -2.09. The van der Waals surface area contributed by atoms with E-state index < -0.39 is 0 Å². The van der Waals surface area contributed by atoms with Crippen LogP contribution in [0.25, 0.3) is 16.5 Å². The first-order valence-corrected chi connectivity index (χ1v) is 9.16. The molecule has 1 N–H and O–H groups in total. The smallest absolute Gasteiger partial charge is 0.234 e. The number of para-hydroxylation sites is 1. The van der Waals surface area contributed by atoms with Crippen LogP contribution in [0.3, 0.4) is 0 Å². The van der Waals surface area contributed by atoms with Crippen molar-refractivity contribution in [3.8, 4) is 5.69 Å². The zero-order chi connectivity index (χ0) is 17.8. The van der Waals surface area contributed by atoms with E-state index in [0.717, 1.165) is 22.1 Å². The van der Waals surface area contributed by atoms with Gasteiger partial charge in [-0.2, -0.15) is 0 Å². The Labute approximate surface area is 155 Å². The van der Waals surface area contributed by atoms with Crippen LogP contribution >= 0.6 is 11.8 Å². The second kappa shape index (κ2) is 7.41. The highest BCUT2D eigenvalue weighted by Gasteiger charge is 2.11. The van der Waals surface area contributed by atoms with Crippen LogP contribution in [0.1, 0.15) is 0 Å². The molecular formula is C20H16N4OS. The van der Waals surface area contributed by atoms with Crippen molar-refractivity contribution < 1.29 is 4.79 Å². The van der Waals surface area contributed by atoms with E-state index in [4.69, 9.17) is 0 Å². The summed E-state index contributed by atoms with van der Waals surface area (Å²) in [5.41, 5.74) is 1.78. The van der Waals surface area contributed by atoms with E-state index in [1.807, 2.05) is 77.4 Å². The van der Waals surface area contributed by atoms with Gasteiger partial charge in [-0.25, -0.2) is 0 Å². The number of fused-ring (bicyclic) bond motifs is 1. The van der Waals surface area contributed by atoms with E-state index in [1.54, 1.807) is 6.33 Å². The molecule has 0 saturated heterocycles. The number of rotatable bonds is 5. The maximum atomic E-state index is 12.4. The van der Waals surface area contributed by atoms with Gasteiger partial charge in [-0.1, -0.05) is 66.4 Å². The van der Waals surface area contributed by atoms with Crippen LogP contribution in [0.2, 0.25) is 0 Å². The summed E-state index contributed by atoms with van der Waals surface area (Å²) < 4.78 is 1.87. The normalized spacial score (nSPS) is 10.8. The summed E-state index contributed by atoms with van der Waals surface area (Å²) in [6.07, 6.45) is 1.65. The molecule has 0 aliphatic heterocycles. The molecule has 1 heterocycles. The molecule has 0 fully saturated rings. The molecule has 3 aromatic carbocycles. The third-order valence-corrected chi connectivity index (χ3v) is 4.89. The van der Waals surface area contributed by atoms with Gasteiger partial charge in [-0.3, -0.25) is 9.36 Å². The summed E-state index contributed by atoms with van der Waals surface area (Å²) >= 11 is 1.36. The van der Waals surface area contributed by atoms with Crippen molar-refractivity contribution >= 4 is 34.1 Å². The first kappa shape index (κ1) is 16.4. The number of amides is 1. The minimum atomic E-state index is -0.0750. The second-order valence-electron chi connectivity index (χ2n) is 5.68. The molecule has 0 saturated carbocycles. The summed E-state index contributed by atoms with van der Waals surface area (Å²) in [6, 6.07) is 23.7. The Bertz CT molecular complexity index is 1040. The van der Waals surface area contributed by atoms with Gasteiger partial charge >= 0.3 is 0 Å². The first-order valence-electron chi connectivity index (χ1n) is 8.17. The SMILES string of the molecule is O=C(CSc1nncn1-c1ccccc1)Nc1cccc2ccccc12. The Morgan fingerprint density at radius 1 is 0.962 bits per heavy atom. The Balaban J connectivity index is 1.46. The van der Waals surface area contributed by atoms with Gasteiger partial charge in [0, 0.05) is 16.8 Å². The first-order chi connectivity index (χ1) is 12.8. The quantitative estimate of drug-likeness (QED) is 0.543. The van der Waals surface area contributed by atoms with Crippen molar-refractivity contribution in [1.29, 1.82) is 0 Å². The van der Waals surface area contributed by atoms with E-state index >= 15 is 0 Å². The van der Waals surface area contributed by atoms with Crippen LogP contribution in [0.4, 0.5) is 5.69 Å². The van der Waals surface area contributed by atoms with Crippen LogP contribution in [0.5, 0.6) is 0 Å². The van der Waals surface area contributed by atoms with Crippen molar-refractivity contribution in [3.63, 3.8) is 0 Å². The van der Waals surface area contributed by atoms with Crippen molar-refractivity contribution in [3.05, 3.63) is 79.1 Å². The summed E-state index contributed by atoms with van der Waals surface area (Å²) in [5.74, 6) is 0.184. The minimum absolute atomic E-state index is 0.0750. The molecular weight excluding hydrogens is 344 g/mol. The second-order valence-corrected chi connectivity index (χ2v) is 6.63. The molecule has 0 unspecified atom stereocenters. The molecule has 128 valence electrons. The van der Waals surface area contributed by atoms with E-state index in [9.17, 15) is 4.79 Å². The van der Waals surface area contributed by atoms with E-state index in [0.29, 0.717) is 5.16 Å². The number of carbonyl (C=O) groups is 1. The number of carbonyl (C=O) groups excluding carboxylic acids is 1. The summed E-state index contributed by atoms with van der Waals surface area (Å²) in [6.45, 7) is 0. The predicted molar refractivity (Wildman–Crippen MR) is 105 cm³/mol. The number of hydrogen-bond donors (Lipinski definition) is 1. The van der Waals surface area contributed by atoms with Crippen molar-refractivity contribution in [2.75, 3.05) is 11.1 Å². The Morgan fingerprint density at radius 2 is 1.73 bits per heavy atom. The predicted octanol–water partition coefficient (Wildman–Crippen LogP) is 4.15. The lowest BCUT2D eigenvalue weighted by Crippen LogP contribution is -2.14. The van der Waals surface area contributed by atoms with Gasteiger partial charge in [0.25, 0.3) is 0 Å². The largest absolute Gasteiger partial charge is 0.325 e.